The number of benzene rings is 1. The Hall–Kier alpha value is -1.47. The van der Waals surface area contributed by atoms with Crippen LogP contribution in [0.25, 0.3) is 0 Å². The zero-order valence-corrected chi connectivity index (χ0v) is 13.5. The van der Waals surface area contributed by atoms with Crippen molar-refractivity contribution in [1.29, 1.82) is 0 Å². The Morgan fingerprint density at radius 2 is 1.91 bits per heavy atom. The average molecular weight is 350 g/mol. The van der Waals surface area contributed by atoms with Gasteiger partial charge in [-0.05, 0) is 31.2 Å². The number of urea groups is 1. The zero-order chi connectivity index (χ0) is 17.0. The Morgan fingerprint density at radius 3 is 2.48 bits per heavy atom. The maximum absolute atomic E-state index is 12.7. The molecule has 2 amide bonds. The smallest absolute Gasteiger partial charge is 0.322 e. The molecule has 0 spiro atoms. The number of hydrogen-bond acceptors (Lipinski definition) is 2. The van der Waals surface area contributed by atoms with Gasteiger partial charge in [-0.3, -0.25) is 4.90 Å². The van der Waals surface area contributed by atoms with Crippen LogP contribution in [0.15, 0.2) is 18.2 Å². The number of alkyl halides is 3. The highest BCUT2D eigenvalue weighted by Crippen LogP contribution is 2.33. The minimum atomic E-state index is -4.48. The monoisotopic (exact) mass is 349 g/mol. The topological polar surface area (TPSA) is 35.6 Å². The predicted molar refractivity (Wildman–Crippen MR) is 83.8 cm³/mol. The van der Waals surface area contributed by atoms with Gasteiger partial charge in [0.05, 0.1) is 16.3 Å². The molecule has 1 N–H and O–H groups in total. The molecule has 0 aliphatic carbocycles. The van der Waals surface area contributed by atoms with Crippen LogP contribution in [0.1, 0.15) is 18.9 Å². The first-order chi connectivity index (χ1) is 10.8. The first kappa shape index (κ1) is 17.9. The Labute approximate surface area is 138 Å². The highest BCUT2D eigenvalue weighted by atomic mass is 35.5. The lowest BCUT2D eigenvalue weighted by atomic mass is 10.2. The molecule has 128 valence electrons. The Bertz CT molecular complexity index is 557. The fourth-order valence-corrected chi connectivity index (χ4v) is 2.65. The predicted octanol–water partition coefficient (Wildman–Crippen LogP) is 3.92. The number of amides is 2. The molecule has 0 atom stereocenters. The van der Waals surface area contributed by atoms with E-state index >= 15 is 0 Å². The number of halogens is 4. The van der Waals surface area contributed by atoms with E-state index in [-0.39, 0.29) is 10.7 Å². The maximum Gasteiger partial charge on any atom is 0.416 e. The second-order valence-corrected chi connectivity index (χ2v) is 5.86. The molecule has 23 heavy (non-hydrogen) atoms. The summed E-state index contributed by atoms with van der Waals surface area (Å²) in [6.45, 7) is 5.68. The van der Waals surface area contributed by atoms with Crippen molar-refractivity contribution >= 4 is 23.3 Å². The van der Waals surface area contributed by atoms with Gasteiger partial charge in [0.25, 0.3) is 0 Å². The van der Waals surface area contributed by atoms with E-state index in [4.69, 9.17) is 11.6 Å². The average Bonchev–Trinajstić information content (AvgIpc) is 2.49. The van der Waals surface area contributed by atoms with Gasteiger partial charge in [-0.25, -0.2) is 4.79 Å². The summed E-state index contributed by atoms with van der Waals surface area (Å²) >= 11 is 5.88. The minimum Gasteiger partial charge on any atom is -0.322 e. The van der Waals surface area contributed by atoms with Crippen LogP contribution < -0.4 is 5.32 Å². The molecule has 1 fully saturated rings. The van der Waals surface area contributed by atoms with Crippen LogP contribution >= 0.6 is 11.6 Å². The van der Waals surface area contributed by atoms with Crippen LogP contribution in [0.5, 0.6) is 0 Å². The fraction of sp³-hybridized carbons (Fsp3) is 0.533. The molecule has 1 aliphatic heterocycles. The van der Waals surface area contributed by atoms with Gasteiger partial charge in [0.15, 0.2) is 0 Å². The molecule has 1 saturated heterocycles. The number of nitrogens with one attached hydrogen (secondary N) is 1. The highest BCUT2D eigenvalue weighted by Gasteiger charge is 2.31. The van der Waals surface area contributed by atoms with Crippen molar-refractivity contribution < 1.29 is 18.0 Å². The summed E-state index contributed by atoms with van der Waals surface area (Å²) in [7, 11) is 0. The van der Waals surface area contributed by atoms with Gasteiger partial charge < -0.3 is 10.2 Å². The Balaban J connectivity index is 2.01. The van der Waals surface area contributed by atoms with Crippen LogP contribution in [0.3, 0.4) is 0 Å². The Kier molecular flexibility index (Phi) is 5.75. The summed E-state index contributed by atoms with van der Waals surface area (Å²) in [5, 5.41) is 2.56. The SMILES string of the molecule is CCCN1CCN(C(=O)Nc2cc(C(F)(F)F)ccc2Cl)CC1. The van der Waals surface area contributed by atoms with Crippen molar-refractivity contribution in [3.63, 3.8) is 0 Å². The van der Waals surface area contributed by atoms with Crippen molar-refractivity contribution in [2.75, 3.05) is 38.0 Å². The molecule has 0 aromatic heterocycles. The number of piperazine rings is 1. The van der Waals surface area contributed by atoms with Crippen LogP contribution in [0.4, 0.5) is 23.7 Å². The van der Waals surface area contributed by atoms with Crippen molar-refractivity contribution in [3.8, 4) is 0 Å². The van der Waals surface area contributed by atoms with E-state index in [2.05, 4.69) is 17.1 Å². The lowest BCUT2D eigenvalue weighted by Gasteiger charge is -2.34. The molecule has 1 aliphatic rings. The first-order valence-electron chi connectivity index (χ1n) is 7.46. The molecule has 4 nitrogen and oxygen atoms in total. The van der Waals surface area contributed by atoms with E-state index < -0.39 is 17.8 Å². The van der Waals surface area contributed by atoms with Gasteiger partial charge in [-0.15, -0.1) is 0 Å². The molecule has 1 aromatic rings. The van der Waals surface area contributed by atoms with Crippen LogP contribution in [0, 0.1) is 0 Å². The normalized spacial score (nSPS) is 16.5. The number of carbonyl (C=O) groups is 1. The standard InChI is InChI=1S/C15H19ClF3N3O/c1-2-5-21-6-8-22(9-7-21)14(23)20-13-10-11(15(17,18)19)3-4-12(13)16/h3-4,10H,2,5-9H2,1H3,(H,20,23). The van der Waals surface area contributed by atoms with Gasteiger partial charge in [0.2, 0.25) is 0 Å². The number of nitrogens with zero attached hydrogens (tertiary/aromatic N) is 2. The lowest BCUT2D eigenvalue weighted by molar-refractivity contribution is -0.137. The van der Waals surface area contributed by atoms with Gasteiger partial charge in [0, 0.05) is 26.2 Å². The van der Waals surface area contributed by atoms with E-state index in [9.17, 15) is 18.0 Å². The number of carbonyl (C=O) groups excluding carboxylic acids is 1. The summed E-state index contributed by atoms with van der Waals surface area (Å²) in [5.74, 6) is 0. The summed E-state index contributed by atoms with van der Waals surface area (Å²) in [6, 6.07) is 2.45. The fourth-order valence-electron chi connectivity index (χ4n) is 2.48. The molecule has 2 rings (SSSR count). The van der Waals surface area contributed by atoms with E-state index in [0.29, 0.717) is 13.1 Å². The van der Waals surface area contributed by atoms with E-state index in [1.165, 1.54) is 0 Å². The van der Waals surface area contributed by atoms with Gasteiger partial charge >= 0.3 is 12.2 Å². The second kappa shape index (κ2) is 7.40. The van der Waals surface area contributed by atoms with Crippen molar-refractivity contribution in [2.24, 2.45) is 0 Å². The number of anilines is 1. The highest BCUT2D eigenvalue weighted by molar-refractivity contribution is 6.33. The molecule has 0 bridgehead atoms. The zero-order valence-electron chi connectivity index (χ0n) is 12.8. The summed E-state index contributed by atoms with van der Waals surface area (Å²) in [5.41, 5.74) is -0.868. The van der Waals surface area contributed by atoms with E-state index in [1.807, 2.05) is 0 Å². The van der Waals surface area contributed by atoms with Crippen LogP contribution in [0.2, 0.25) is 5.02 Å². The number of hydrogen-bond donors (Lipinski definition) is 1. The molecular weight excluding hydrogens is 331 g/mol. The lowest BCUT2D eigenvalue weighted by Crippen LogP contribution is -2.50. The summed E-state index contributed by atoms with van der Waals surface area (Å²) < 4.78 is 38.2. The molecular formula is C15H19ClF3N3O. The molecule has 8 heteroatoms. The first-order valence-corrected chi connectivity index (χ1v) is 7.84. The largest absolute Gasteiger partial charge is 0.416 e. The van der Waals surface area contributed by atoms with Crippen molar-refractivity contribution in [2.45, 2.75) is 19.5 Å². The third-order valence-corrected chi connectivity index (χ3v) is 4.06. The molecule has 1 heterocycles. The van der Waals surface area contributed by atoms with E-state index in [1.54, 1.807) is 4.90 Å². The third-order valence-electron chi connectivity index (χ3n) is 3.73. The minimum absolute atomic E-state index is 0.0255. The maximum atomic E-state index is 12.7. The van der Waals surface area contributed by atoms with Crippen LogP contribution in [-0.2, 0) is 6.18 Å². The summed E-state index contributed by atoms with van der Waals surface area (Å²) in [4.78, 5) is 16.0. The van der Waals surface area contributed by atoms with Crippen molar-refractivity contribution in [1.82, 2.24) is 9.80 Å². The Morgan fingerprint density at radius 1 is 1.26 bits per heavy atom. The van der Waals surface area contributed by atoms with E-state index in [0.717, 1.165) is 44.3 Å². The molecule has 0 saturated carbocycles. The third kappa shape index (κ3) is 4.75. The van der Waals surface area contributed by atoms with Gasteiger partial charge in [0.1, 0.15) is 0 Å². The molecule has 1 aromatic carbocycles. The molecule has 0 radical (unpaired) electrons. The van der Waals surface area contributed by atoms with Gasteiger partial charge in [-0.2, -0.15) is 13.2 Å². The van der Waals surface area contributed by atoms with Crippen LogP contribution in [-0.4, -0.2) is 48.6 Å². The quantitative estimate of drug-likeness (QED) is 0.897. The van der Waals surface area contributed by atoms with Crippen molar-refractivity contribution in [3.05, 3.63) is 28.8 Å². The molecule has 0 unspecified atom stereocenters. The van der Waals surface area contributed by atoms with Gasteiger partial charge in [-0.1, -0.05) is 18.5 Å². The summed E-state index contributed by atoms with van der Waals surface area (Å²) in [6.07, 6.45) is -3.43. The number of rotatable bonds is 3. The second-order valence-electron chi connectivity index (χ2n) is 5.45.